The molecule has 0 aliphatic heterocycles. The third kappa shape index (κ3) is 4.67. The fourth-order valence-electron chi connectivity index (χ4n) is 2.16. The van der Waals surface area contributed by atoms with Crippen molar-refractivity contribution in [3.05, 3.63) is 48.1 Å². The normalized spacial score (nSPS) is 11.0. The Kier molecular flexibility index (Phi) is 5.88. The average molecular weight is 286 g/mol. The molecule has 0 amide bonds. The highest BCUT2D eigenvalue weighted by Crippen LogP contribution is 2.25. The molecule has 2 rings (SSSR count). The number of methoxy groups -OCH3 is 2. The van der Waals surface area contributed by atoms with Gasteiger partial charge in [0.25, 0.3) is 0 Å². The molecule has 0 spiro atoms. The Hall–Kier alpha value is -2.23. The number of nitrogens with one attached hydrogen (secondary N) is 1. The van der Waals surface area contributed by atoms with Gasteiger partial charge in [-0.3, -0.25) is 0 Å². The number of aryl methyl sites for hydroxylation is 1. The van der Waals surface area contributed by atoms with Gasteiger partial charge in [0.05, 0.1) is 14.2 Å². The summed E-state index contributed by atoms with van der Waals surface area (Å²) in [6.45, 7) is 0. The molecule has 0 saturated carbocycles. The lowest BCUT2D eigenvalue weighted by Crippen LogP contribution is -1.89. The maximum Gasteiger partial charge on any atom is 0.129 e. The van der Waals surface area contributed by atoms with Crippen molar-refractivity contribution < 1.29 is 9.47 Å². The molecule has 0 aliphatic rings. The number of H-pyrrole nitrogens is 1. The van der Waals surface area contributed by atoms with Crippen LogP contribution < -0.4 is 9.47 Å². The van der Waals surface area contributed by atoms with E-state index in [2.05, 4.69) is 22.1 Å². The number of hydrogen-bond acceptors (Lipinski definition) is 3. The zero-order valence-corrected chi connectivity index (χ0v) is 12.6. The SMILES string of the molecule is COc1ccc(C=CCCCCc2ncc[nH]2)c(OC)c1. The van der Waals surface area contributed by atoms with E-state index in [4.69, 9.17) is 9.47 Å². The van der Waals surface area contributed by atoms with Crippen molar-refractivity contribution in [3.8, 4) is 11.5 Å². The van der Waals surface area contributed by atoms with Gasteiger partial charge in [-0.05, 0) is 31.4 Å². The van der Waals surface area contributed by atoms with Crippen LogP contribution in [0, 0.1) is 0 Å². The first kappa shape index (κ1) is 15.2. The molecule has 0 fully saturated rings. The maximum absolute atomic E-state index is 5.37. The van der Waals surface area contributed by atoms with Crippen LogP contribution in [0.25, 0.3) is 6.08 Å². The molecule has 4 nitrogen and oxygen atoms in total. The van der Waals surface area contributed by atoms with Gasteiger partial charge >= 0.3 is 0 Å². The van der Waals surface area contributed by atoms with E-state index in [0.29, 0.717) is 0 Å². The first-order valence-corrected chi connectivity index (χ1v) is 7.20. The summed E-state index contributed by atoms with van der Waals surface area (Å²) in [6.07, 6.45) is 12.3. The number of unbranched alkanes of at least 4 members (excludes halogenated alkanes) is 2. The van der Waals surface area contributed by atoms with Gasteiger partial charge in [-0.2, -0.15) is 0 Å². The molecule has 1 aromatic carbocycles. The number of rotatable bonds is 8. The minimum absolute atomic E-state index is 0.808. The molecule has 0 bridgehead atoms. The highest BCUT2D eigenvalue weighted by atomic mass is 16.5. The highest BCUT2D eigenvalue weighted by molar-refractivity contribution is 5.59. The summed E-state index contributed by atoms with van der Waals surface area (Å²) >= 11 is 0. The van der Waals surface area contributed by atoms with Crippen LogP contribution in [-0.4, -0.2) is 24.2 Å². The summed E-state index contributed by atoms with van der Waals surface area (Å²) in [5.74, 6) is 2.71. The Morgan fingerprint density at radius 3 is 2.81 bits per heavy atom. The second-order valence-corrected chi connectivity index (χ2v) is 4.79. The van der Waals surface area contributed by atoms with Gasteiger partial charge in [0.15, 0.2) is 0 Å². The highest BCUT2D eigenvalue weighted by Gasteiger charge is 2.01. The molecule has 1 aromatic heterocycles. The second kappa shape index (κ2) is 8.15. The quantitative estimate of drug-likeness (QED) is 0.750. The predicted octanol–water partition coefficient (Wildman–Crippen LogP) is 3.85. The van der Waals surface area contributed by atoms with Gasteiger partial charge in [-0.25, -0.2) is 4.98 Å². The molecule has 0 radical (unpaired) electrons. The van der Waals surface area contributed by atoms with Crippen LogP contribution in [0.15, 0.2) is 36.7 Å². The summed E-state index contributed by atoms with van der Waals surface area (Å²) in [5.41, 5.74) is 1.07. The molecule has 2 aromatic rings. The molecular weight excluding hydrogens is 264 g/mol. The van der Waals surface area contributed by atoms with Crippen molar-refractivity contribution in [1.29, 1.82) is 0 Å². The molecule has 1 N–H and O–H groups in total. The standard InChI is InChI=1S/C17H22N2O2/c1-20-15-10-9-14(16(13-15)21-2)7-5-3-4-6-8-17-18-11-12-19-17/h5,7,9-13H,3-4,6,8H2,1-2H3,(H,18,19). The van der Waals surface area contributed by atoms with E-state index in [-0.39, 0.29) is 0 Å². The monoisotopic (exact) mass is 286 g/mol. The van der Waals surface area contributed by atoms with Crippen molar-refractivity contribution in [2.45, 2.75) is 25.7 Å². The molecule has 0 aliphatic carbocycles. The summed E-state index contributed by atoms with van der Waals surface area (Å²) in [4.78, 5) is 7.34. The van der Waals surface area contributed by atoms with E-state index in [1.54, 1.807) is 20.4 Å². The van der Waals surface area contributed by atoms with Crippen LogP contribution in [0.2, 0.25) is 0 Å². The Bertz CT molecular complexity index is 562. The fourth-order valence-corrected chi connectivity index (χ4v) is 2.16. The molecule has 1 heterocycles. The summed E-state index contributed by atoms with van der Waals surface area (Å²) in [5, 5.41) is 0. The van der Waals surface area contributed by atoms with Crippen LogP contribution >= 0.6 is 0 Å². The van der Waals surface area contributed by atoms with Gasteiger partial charge in [0.1, 0.15) is 17.3 Å². The van der Waals surface area contributed by atoms with Gasteiger partial charge in [-0.1, -0.05) is 12.2 Å². The smallest absolute Gasteiger partial charge is 0.129 e. The Balaban J connectivity index is 1.78. The van der Waals surface area contributed by atoms with Crippen molar-refractivity contribution in [1.82, 2.24) is 9.97 Å². The van der Waals surface area contributed by atoms with Gasteiger partial charge < -0.3 is 14.5 Å². The van der Waals surface area contributed by atoms with Gasteiger partial charge in [-0.15, -0.1) is 0 Å². The van der Waals surface area contributed by atoms with E-state index < -0.39 is 0 Å². The van der Waals surface area contributed by atoms with Crippen molar-refractivity contribution >= 4 is 6.08 Å². The topological polar surface area (TPSA) is 47.1 Å². The fraction of sp³-hybridized carbons (Fsp3) is 0.353. The molecule has 112 valence electrons. The van der Waals surface area contributed by atoms with Crippen LogP contribution in [0.4, 0.5) is 0 Å². The van der Waals surface area contributed by atoms with Crippen LogP contribution in [0.1, 0.15) is 30.7 Å². The average Bonchev–Trinajstić information content (AvgIpc) is 3.04. The predicted molar refractivity (Wildman–Crippen MR) is 84.7 cm³/mol. The van der Waals surface area contributed by atoms with Crippen molar-refractivity contribution in [2.24, 2.45) is 0 Å². The molecule has 21 heavy (non-hydrogen) atoms. The Labute approximate surface area is 125 Å². The summed E-state index contributed by atoms with van der Waals surface area (Å²) in [6, 6.07) is 5.85. The van der Waals surface area contributed by atoms with E-state index in [1.807, 2.05) is 24.4 Å². The lowest BCUT2D eigenvalue weighted by Gasteiger charge is -2.07. The number of hydrogen-bond donors (Lipinski definition) is 1. The zero-order chi connectivity index (χ0) is 14.9. The van der Waals surface area contributed by atoms with Gasteiger partial charge in [0, 0.05) is 30.4 Å². The van der Waals surface area contributed by atoms with Crippen LogP contribution in [-0.2, 0) is 6.42 Å². The van der Waals surface area contributed by atoms with Crippen molar-refractivity contribution in [2.75, 3.05) is 14.2 Å². The second-order valence-electron chi connectivity index (χ2n) is 4.79. The van der Waals surface area contributed by atoms with Gasteiger partial charge in [0.2, 0.25) is 0 Å². The minimum atomic E-state index is 0.808. The summed E-state index contributed by atoms with van der Waals surface area (Å²) in [7, 11) is 3.33. The van der Waals surface area contributed by atoms with Crippen LogP contribution in [0.5, 0.6) is 11.5 Å². The van der Waals surface area contributed by atoms with E-state index in [1.165, 1.54) is 0 Å². The number of imidazole rings is 1. The first-order chi connectivity index (χ1) is 10.3. The Morgan fingerprint density at radius 2 is 2.10 bits per heavy atom. The molecule has 0 unspecified atom stereocenters. The Morgan fingerprint density at radius 1 is 1.19 bits per heavy atom. The summed E-state index contributed by atoms with van der Waals surface area (Å²) < 4.78 is 10.6. The number of ether oxygens (including phenoxy) is 2. The third-order valence-electron chi connectivity index (χ3n) is 3.33. The lowest BCUT2D eigenvalue weighted by molar-refractivity contribution is 0.393. The number of aromatic amines is 1. The third-order valence-corrected chi connectivity index (χ3v) is 3.33. The first-order valence-electron chi connectivity index (χ1n) is 7.20. The minimum Gasteiger partial charge on any atom is -0.497 e. The lowest BCUT2D eigenvalue weighted by atomic mass is 10.1. The molecule has 0 saturated heterocycles. The number of allylic oxidation sites excluding steroid dienone is 1. The molecular formula is C17H22N2O2. The van der Waals surface area contributed by atoms with Crippen LogP contribution in [0.3, 0.4) is 0 Å². The van der Waals surface area contributed by atoms with E-state index in [9.17, 15) is 0 Å². The number of aromatic nitrogens is 2. The molecule has 4 heteroatoms. The van der Waals surface area contributed by atoms with E-state index >= 15 is 0 Å². The maximum atomic E-state index is 5.37. The van der Waals surface area contributed by atoms with Crippen molar-refractivity contribution in [3.63, 3.8) is 0 Å². The number of benzene rings is 1. The number of nitrogens with zero attached hydrogens (tertiary/aromatic N) is 1. The largest absolute Gasteiger partial charge is 0.497 e. The molecule has 0 atom stereocenters. The zero-order valence-electron chi connectivity index (χ0n) is 12.6. The van der Waals surface area contributed by atoms with E-state index in [0.717, 1.165) is 48.6 Å².